The lowest BCUT2D eigenvalue weighted by Crippen LogP contribution is -2.33. The van der Waals surface area contributed by atoms with E-state index in [9.17, 15) is 22.8 Å². The Labute approximate surface area is 143 Å². The minimum absolute atomic E-state index is 0.120. The van der Waals surface area contributed by atoms with E-state index < -0.39 is 27.6 Å². The first-order chi connectivity index (χ1) is 11.9. The zero-order chi connectivity index (χ0) is 18.2. The van der Waals surface area contributed by atoms with Crippen LogP contribution < -0.4 is 0 Å². The number of fused-ring (bicyclic) bond motifs is 1. The summed E-state index contributed by atoms with van der Waals surface area (Å²) >= 11 is 0. The first kappa shape index (κ1) is 16.8. The highest BCUT2D eigenvalue weighted by atomic mass is 32.2. The number of amides is 2. The predicted molar refractivity (Wildman–Crippen MR) is 86.5 cm³/mol. The van der Waals surface area contributed by atoms with Crippen molar-refractivity contribution in [3.05, 3.63) is 65.2 Å². The molecule has 0 bridgehead atoms. The normalized spacial score (nSPS) is 13.7. The Morgan fingerprint density at radius 2 is 1.48 bits per heavy atom. The summed E-state index contributed by atoms with van der Waals surface area (Å²) in [6, 6.07) is 11.5. The van der Waals surface area contributed by atoms with Crippen LogP contribution in [0.5, 0.6) is 0 Å². The Hall–Kier alpha value is -3.00. The van der Waals surface area contributed by atoms with Crippen molar-refractivity contribution in [2.24, 2.45) is 0 Å². The van der Waals surface area contributed by atoms with Crippen LogP contribution >= 0.6 is 0 Å². The lowest BCUT2D eigenvalue weighted by atomic mass is 10.1. The van der Waals surface area contributed by atoms with Gasteiger partial charge in [-0.05, 0) is 24.3 Å². The van der Waals surface area contributed by atoms with Crippen LogP contribution in [0.3, 0.4) is 0 Å². The van der Waals surface area contributed by atoms with Gasteiger partial charge in [0.1, 0.15) is 0 Å². The predicted octanol–water partition coefficient (Wildman–Crippen LogP) is 1.85. The SMILES string of the molecule is CCS(=O)(=O)c1ccccc1C(=O)ON1C(=O)c2ccccc2C1=O. The summed E-state index contributed by atoms with van der Waals surface area (Å²) in [6.45, 7) is 1.45. The Morgan fingerprint density at radius 3 is 2.04 bits per heavy atom. The highest BCUT2D eigenvalue weighted by Gasteiger charge is 2.39. The lowest BCUT2D eigenvalue weighted by Gasteiger charge is -2.14. The van der Waals surface area contributed by atoms with Gasteiger partial charge in [0.15, 0.2) is 9.84 Å². The molecule has 128 valence electrons. The molecule has 0 saturated carbocycles. The minimum Gasteiger partial charge on any atom is -0.324 e. The monoisotopic (exact) mass is 359 g/mol. The number of carbonyl (C=O) groups excluding carboxylic acids is 3. The summed E-state index contributed by atoms with van der Waals surface area (Å²) in [6.07, 6.45) is 0. The molecule has 1 heterocycles. The van der Waals surface area contributed by atoms with Crippen molar-refractivity contribution < 1.29 is 27.6 Å². The molecular weight excluding hydrogens is 346 g/mol. The largest absolute Gasteiger partial charge is 0.365 e. The van der Waals surface area contributed by atoms with E-state index in [4.69, 9.17) is 4.84 Å². The molecule has 0 saturated heterocycles. The van der Waals surface area contributed by atoms with Crippen molar-refractivity contribution in [3.63, 3.8) is 0 Å². The van der Waals surface area contributed by atoms with Crippen molar-refractivity contribution in [3.8, 4) is 0 Å². The lowest BCUT2D eigenvalue weighted by molar-refractivity contribution is -0.0587. The summed E-state index contributed by atoms with van der Waals surface area (Å²) in [5.74, 6) is -2.85. The Morgan fingerprint density at radius 1 is 0.960 bits per heavy atom. The maximum Gasteiger partial charge on any atom is 0.365 e. The van der Waals surface area contributed by atoms with E-state index in [2.05, 4.69) is 0 Å². The number of hydrogen-bond acceptors (Lipinski definition) is 6. The third kappa shape index (κ3) is 2.80. The van der Waals surface area contributed by atoms with Crippen LogP contribution in [0.1, 0.15) is 38.0 Å². The van der Waals surface area contributed by atoms with Gasteiger partial charge >= 0.3 is 5.97 Å². The molecule has 3 rings (SSSR count). The van der Waals surface area contributed by atoms with Gasteiger partial charge in [-0.1, -0.05) is 36.3 Å². The van der Waals surface area contributed by atoms with E-state index >= 15 is 0 Å². The molecule has 0 fully saturated rings. The minimum atomic E-state index is -3.68. The Balaban J connectivity index is 1.93. The van der Waals surface area contributed by atoms with E-state index in [1.165, 1.54) is 43.3 Å². The number of sulfone groups is 1. The van der Waals surface area contributed by atoms with Gasteiger partial charge in [-0.25, -0.2) is 13.2 Å². The molecule has 0 aliphatic carbocycles. The Bertz CT molecular complexity index is 961. The molecule has 7 nitrogen and oxygen atoms in total. The van der Waals surface area contributed by atoms with Crippen LogP contribution in [0.2, 0.25) is 0 Å². The second-order valence-corrected chi connectivity index (χ2v) is 7.48. The van der Waals surface area contributed by atoms with E-state index in [-0.39, 0.29) is 27.3 Å². The molecule has 2 amide bonds. The highest BCUT2D eigenvalue weighted by Crippen LogP contribution is 2.24. The van der Waals surface area contributed by atoms with Crippen LogP contribution in [-0.2, 0) is 14.7 Å². The first-order valence-corrected chi connectivity index (χ1v) is 9.04. The number of hydroxylamine groups is 2. The van der Waals surface area contributed by atoms with Gasteiger partial charge in [-0.15, -0.1) is 0 Å². The van der Waals surface area contributed by atoms with Gasteiger partial charge in [0, 0.05) is 0 Å². The fourth-order valence-corrected chi connectivity index (χ4v) is 3.53. The molecule has 1 aliphatic heterocycles. The van der Waals surface area contributed by atoms with Crippen molar-refractivity contribution in [2.45, 2.75) is 11.8 Å². The number of benzene rings is 2. The molecule has 0 N–H and O–H groups in total. The van der Waals surface area contributed by atoms with E-state index in [1.54, 1.807) is 12.1 Å². The van der Waals surface area contributed by atoms with Gasteiger partial charge in [0.25, 0.3) is 11.8 Å². The standard InChI is InChI=1S/C17H13NO6S/c1-2-25(22,23)14-10-6-5-9-13(14)17(21)24-18-15(19)11-7-3-4-8-12(11)16(18)20/h3-10H,2H2,1H3. The topological polar surface area (TPSA) is 97.8 Å². The summed E-state index contributed by atoms with van der Waals surface area (Å²) in [5, 5.41) is 0.350. The van der Waals surface area contributed by atoms with Crippen molar-refractivity contribution in [1.82, 2.24) is 5.06 Å². The number of nitrogens with zero attached hydrogens (tertiary/aromatic N) is 1. The molecule has 25 heavy (non-hydrogen) atoms. The summed E-state index contributed by atoms with van der Waals surface area (Å²) in [5.41, 5.74) is 0.00503. The van der Waals surface area contributed by atoms with Crippen molar-refractivity contribution in [1.29, 1.82) is 0 Å². The van der Waals surface area contributed by atoms with Crippen LogP contribution in [0.4, 0.5) is 0 Å². The summed E-state index contributed by atoms with van der Waals surface area (Å²) in [4.78, 5) is 41.5. The maximum absolute atomic E-state index is 12.4. The molecule has 1 aliphatic rings. The molecule has 0 atom stereocenters. The Kier molecular flexibility index (Phi) is 4.13. The van der Waals surface area contributed by atoms with Gasteiger partial charge in [0.05, 0.1) is 27.3 Å². The van der Waals surface area contributed by atoms with Crippen molar-refractivity contribution in [2.75, 3.05) is 5.75 Å². The smallest absolute Gasteiger partial charge is 0.324 e. The molecule has 8 heteroatoms. The second-order valence-electron chi connectivity index (χ2n) is 5.23. The van der Waals surface area contributed by atoms with E-state index in [0.717, 1.165) is 0 Å². The maximum atomic E-state index is 12.4. The molecule has 0 aromatic heterocycles. The fourth-order valence-electron chi connectivity index (χ4n) is 2.44. The van der Waals surface area contributed by atoms with Gasteiger partial charge in [-0.2, -0.15) is 0 Å². The average molecular weight is 359 g/mol. The van der Waals surface area contributed by atoms with Crippen LogP contribution in [-0.4, -0.2) is 37.0 Å². The van der Waals surface area contributed by atoms with E-state index in [0.29, 0.717) is 5.06 Å². The highest BCUT2D eigenvalue weighted by molar-refractivity contribution is 7.91. The molecule has 0 radical (unpaired) electrons. The first-order valence-electron chi connectivity index (χ1n) is 7.38. The zero-order valence-corrected chi connectivity index (χ0v) is 13.9. The third-order valence-corrected chi connectivity index (χ3v) is 5.54. The van der Waals surface area contributed by atoms with E-state index in [1.807, 2.05) is 0 Å². The molecule has 0 spiro atoms. The summed E-state index contributed by atoms with van der Waals surface area (Å²) < 4.78 is 24.2. The molecule has 2 aromatic rings. The molecular formula is C17H13NO6S. The van der Waals surface area contributed by atoms with Gasteiger partial charge < -0.3 is 4.84 Å². The number of carbonyl (C=O) groups is 3. The number of rotatable bonds is 4. The molecule has 2 aromatic carbocycles. The number of hydrogen-bond donors (Lipinski definition) is 0. The number of imide groups is 1. The second kappa shape index (κ2) is 6.14. The fraction of sp³-hybridized carbons (Fsp3) is 0.118. The van der Waals surface area contributed by atoms with Crippen molar-refractivity contribution >= 4 is 27.6 Å². The van der Waals surface area contributed by atoms with Crippen LogP contribution in [0.25, 0.3) is 0 Å². The van der Waals surface area contributed by atoms with Gasteiger partial charge in [-0.3, -0.25) is 9.59 Å². The van der Waals surface area contributed by atoms with Gasteiger partial charge in [0.2, 0.25) is 0 Å². The van der Waals surface area contributed by atoms with Crippen LogP contribution in [0, 0.1) is 0 Å². The summed E-state index contributed by atoms with van der Waals surface area (Å²) in [7, 11) is -3.68. The van der Waals surface area contributed by atoms with Crippen LogP contribution in [0.15, 0.2) is 53.4 Å². The average Bonchev–Trinajstić information content (AvgIpc) is 2.87. The quantitative estimate of drug-likeness (QED) is 0.773. The third-order valence-electron chi connectivity index (χ3n) is 3.75. The molecule has 0 unspecified atom stereocenters. The zero-order valence-electron chi connectivity index (χ0n) is 13.1.